The maximum absolute atomic E-state index is 3.82. The number of rotatable bonds is 5. The van der Waals surface area contributed by atoms with Gasteiger partial charge in [-0.25, -0.2) is 0 Å². The normalized spacial score (nSPS) is 9.79. The van der Waals surface area contributed by atoms with Gasteiger partial charge >= 0.3 is 0 Å². The summed E-state index contributed by atoms with van der Waals surface area (Å²) in [5.74, 6) is 0. The van der Waals surface area contributed by atoms with Crippen LogP contribution in [0.5, 0.6) is 0 Å². The van der Waals surface area contributed by atoms with Gasteiger partial charge in [-0.1, -0.05) is 128 Å². The molecule has 4 aromatic rings. The number of hydrogen-bond donors (Lipinski definition) is 0. The Balaban J connectivity index is 0.000000166. The van der Waals surface area contributed by atoms with Gasteiger partial charge in [-0.15, -0.1) is 6.58 Å². The van der Waals surface area contributed by atoms with Crippen molar-refractivity contribution >= 4 is 6.08 Å². The number of hydrogen-bond acceptors (Lipinski definition) is 0. The van der Waals surface area contributed by atoms with Gasteiger partial charge in [0.15, 0.2) is 0 Å². The average Bonchev–Trinajstić information content (AvgIpc) is 2.81. The van der Waals surface area contributed by atoms with Crippen molar-refractivity contribution in [3.63, 3.8) is 0 Å². The first-order valence-electron chi connectivity index (χ1n) is 9.84. The second-order valence-corrected chi connectivity index (χ2v) is 6.67. The van der Waals surface area contributed by atoms with Gasteiger partial charge in [-0.05, 0) is 39.8 Å². The first kappa shape index (κ1) is 20.1. The van der Waals surface area contributed by atoms with E-state index in [1.165, 1.54) is 33.4 Å². The van der Waals surface area contributed by atoms with Crippen LogP contribution in [0, 0.1) is 0 Å². The van der Waals surface area contributed by atoms with Crippen molar-refractivity contribution in [1.29, 1.82) is 0 Å². The lowest BCUT2D eigenvalue weighted by Crippen LogP contribution is -1.86. The molecular weight excluding hydrogens is 348 g/mol. The van der Waals surface area contributed by atoms with Crippen LogP contribution in [0.3, 0.4) is 0 Å². The van der Waals surface area contributed by atoms with E-state index in [1.807, 2.05) is 30.4 Å². The fourth-order valence-corrected chi connectivity index (χ4v) is 3.31. The molecular formula is C29H26. The van der Waals surface area contributed by atoms with Gasteiger partial charge in [0.25, 0.3) is 0 Å². The minimum absolute atomic E-state index is 0.922. The van der Waals surface area contributed by atoms with Crippen LogP contribution in [0.15, 0.2) is 128 Å². The standard InChI is InChI=1S/C15H14.C14H12/c1-2-8-13-11-6-7-12-15(13)14-9-4-3-5-10-14;1-2-12-8-6-7-11-14(12)13-9-4-3-5-10-13/h2-7,9-12H,1,8H2;2-11H,1H2. The van der Waals surface area contributed by atoms with Gasteiger partial charge in [0, 0.05) is 0 Å². The molecule has 4 aromatic carbocycles. The Hall–Kier alpha value is -3.64. The molecule has 0 aromatic heterocycles. The molecule has 0 bridgehead atoms. The first-order chi connectivity index (χ1) is 14.3. The molecule has 0 aliphatic rings. The summed E-state index contributed by atoms with van der Waals surface area (Å²) in [5.41, 5.74) is 7.57. The minimum atomic E-state index is 0.922. The fraction of sp³-hybridized carbons (Fsp3) is 0.0345. The second-order valence-electron chi connectivity index (χ2n) is 6.67. The molecule has 0 nitrogen and oxygen atoms in total. The molecule has 0 aliphatic heterocycles. The third-order valence-electron chi connectivity index (χ3n) is 4.73. The molecule has 0 heteroatoms. The predicted molar refractivity (Wildman–Crippen MR) is 128 cm³/mol. The lowest BCUT2D eigenvalue weighted by molar-refractivity contribution is 1.28. The fourth-order valence-electron chi connectivity index (χ4n) is 3.31. The van der Waals surface area contributed by atoms with Gasteiger partial charge in [0.2, 0.25) is 0 Å². The summed E-state index contributed by atoms with van der Waals surface area (Å²) in [4.78, 5) is 0. The maximum atomic E-state index is 3.82. The zero-order valence-corrected chi connectivity index (χ0v) is 16.7. The third kappa shape index (κ3) is 5.43. The highest BCUT2D eigenvalue weighted by Crippen LogP contribution is 2.24. The highest BCUT2D eigenvalue weighted by Gasteiger charge is 2.01. The van der Waals surface area contributed by atoms with Crippen molar-refractivity contribution in [3.05, 3.63) is 140 Å². The monoisotopic (exact) mass is 374 g/mol. The molecule has 0 fully saturated rings. The minimum Gasteiger partial charge on any atom is -0.103 e. The van der Waals surface area contributed by atoms with Crippen molar-refractivity contribution in [2.75, 3.05) is 0 Å². The Morgan fingerprint density at radius 2 is 1.00 bits per heavy atom. The van der Waals surface area contributed by atoms with Gasteiger partial charge < -0.3 is 0 Å². The largest absolute Gasteiger partial charge is 0.103 e. The summed E-state index contributed by atoms with van der Waals surface area (Å²) in [7, 11) is 0. The van der Waals surface area contributed by atoms with E-state index >= 15 is 0 Å². The van der Waals surface area contributed by atoms with E-state index in [0.717, 1.165) is 6.42 Å². The summed E-state index contributed by atoms with van der Waals surface area (Å²) in [5, 5.41) is 0. The van der Waals surface area contributed by atoms with Gasteiger partial charge in [-0.2, -0.15) is 0 Å². The lowest BCUT2D eigenvalue weighted by atomic mass is 9.98. The van der Waals surface area contributed by atoms with Gasteiger partial charge in [0.1, 0.15) is 0 Å². The smallest absolute Gasteiger partial charge is 0.00940 e. The molecule has 0 amide bonds. The van der Waals surface area contributed by atoms with Crippen LogP contribution >= 0.6 is 0 Å². The Bertz CT molecular complexity index is 1040. The molecule has 0 unspecified atom stereocenters. The quantitative estimate of drug-likeness (QED) is 0.310. The third-order valence-corrected chi connectivity index (χ3v) is 4.73. The predicted octanol–water partition coefficient (Wildman–Crippen LogP) is 8.08. The zero-order chi connectivity index (χ0) is 20.3. The molecule has 142 valence electrons. The molecule has 0 saturated heterocycles. The summed E-state index contributed by atoms with van der Waals surface area (Å²) in [6.07, 6.45) is 4.76. The van der Waals surface area contributed by atoms with Crippen LogP contribution in [0.2, 0.25) is 0 Å². The molecule has 0 N–H and O–H groups in total. The molecule has 0 saturated carbocycles. The summed E-state index contributed by atoms with van der Waals surface area (Å²) in [6, 6.07) is 37.6. The maximum Gasteiger partial charge on any atom is -0.00940 e. The van der Waals surface area contributed by atoms with Crippen LogP contribution in [0.4, 0.5) is 0 Å². The van der Waals surface area contributed by atoms with Crippen LogP contribution < -0.4 is 0 Å². The average molecular weight is 375 g/mol. The highest BCUT2D eigenvalue weighted by molar-refractivity contribution is 5.74. The van der Waals surface area contributed by atoms with E-state index in [0.29, 0.717) is 0 Å². The van der Waals surface area contributed by atoms with E-state index in [2.05, 4.69) is 104 Å². The van der Waals surface area contributed by atoms with Crippen molar-refractivity contribution in [3.8, 4) is 22.3 Å². The van der Waals surface area contributed by atoms with Crippen molar-refractivity contribution in [2.24, 2.45) is 0 Å². The van der Waals surface area contributed by atoms with Crippen LogP contribution in [0.25, 0.3) is 28.3 Å². The molecule has 0 aliphatic carbocycles. The van der Waals surface area contributed by atoms with Crippen molar-refractivity contribution in [2.45, 2.75) is 6.42 Å². The van der Waals surface area contributed by atoms with E-state index in [4.69, 9.17) is 0 Å². The molecule has 4 rings (SSSR count). The zero-order valence-electron chi connectivity index (χ0n) is 16.7. The van der Waals surface area contributed by atoms with E-state index in [9.17, 15) is 0 Å². The Kier molecular flexibility index (Phi) is 7.37. The first-order valence-corrected chi connectivity index (χ1v) is 9.84. The van der Waals surface area contributed by atoms with Crippen LogP contribution in [0.1, 0.15) is 11.1 Å². The second kappa shape index (κ2) is 10.6. The molecule has 0 heterocycles. The van der Waals surface area contributed by atoms with Gasteiger partial charge in [-0.3, -0.25) is 0 Å². The van der Waals surface area contributed by atoms with E-state index in [-0.39, 0.29) is 0 Å². The number of benzene rings is 4. The molecule has 0 atom stereocenters. The summed E-state index contributed by atoms with van der Waals surface area (Å²) in [6.45, 7) is 7.61. The van der Waals surface area contributed by atoms with Crippen molar-refractivity contribution < 1.29 is 0 Å². The van der Waals surface area contributed by atoms with Crippen LogP contribution in [-0.2, 0) is 6.42 Å². The molecule has 0 radical (unpaired) electrons. The Labute approximate surface area is 174 Å². The number of allylic oxidation sites excluding steroid dienone is 1. The van der Waals surface area contributed by atoms with E-state index < -0.39 is 0 Å². The molecule has 0 spiro atoms. The van der Waals surface area contributed by atoms with Crippen LogP contribution in [-0.4, -0.2) is 0 Å². The Morgan fingerprint density at radius 1 is 0.517 bits per heavy atom. The highest BCUT2D eigenvalue weighted by atomic mass is 14.1. The van der Waals surface area contributed by atoms with Crippen molar-refractivity contribution in [1.82, 2.24) is 0 Å². The summed E-state index contributed by atoms with van der Waals surface area (Å²) >= 11 is 0. The summed E-state index contributed by atoms with van der Waals surface area (Å²) < 4.78 is 0. The Morgan fingerprint density at radius 3 is 1.59 bits per heavy atom. The SMILES string of the molecule is C=CCc1ccccc1-c1ccccc1.C=Cc1ccccc1-c1ccccc1. The topological polar surface area (TPSA) is 0 Å². The molecule has 29 heavy (non-hydrogen) atoms. The van der Waals surface area contributed by atoms with E-state index in [1.54, 1.807) is 0 Å². The lowest BCUT2D eigenvalue weighted by Gasteiger charge is -2.07. The van der Waals surface area contributed by atoms with Gasteiger partial charge in [0.05, 0.1) is 0 Å².